The van der Waals surface area contributed by atoms with Gasteiger partial charge in [0.15, 0.2) is 0 Å². The van der Waals surface area contributed by atoms with Crippen LogP contribution < -0.4 is 16.4 Å². The highest BCUT2D eigenvalue weighted by molar-refractivity contribution is 7.14. The Morgan fingerprint density at radius 1 is 1.19 bits per heavy atom. The summed E-state index contributed by atoms with van der Waals surface area (Å²) in [7, 11) is 0. The van der Waals surface area contributed by atoms with Crippen LogP contribution in [-0.4, -0.2) is 23.8 Å². The van der Waals surface area contributed by atoms with Gasteiger partial charge < -0.3 is 16.4 Å². The zero-order valence-corrected chi connectivity index (χ0v) is 12.5. The molecule has 1 fully saturated rings. The minimum Gasteiger partial charge on any atom is -0.366 e. The molecule has 114 valence electrons. The average molecular weight is 309 g/mol. The highest BCUT2D eigenvalue weighted by atomic mass is 32.1. The van der Waals surface area contributed by atoms with Crippen molar-refractivity contribution in [1.29, 1.82) is 0 Å². The number of hydrogen-bond donors (Lipinski definition) is 3. The Bertz CT molecular complexity index is 535. The highest BCUT2D eigenvalue weighted by Crippen LogP contribution is 2.23. The molecule has 0 aliphatic heterocycles. The molecule has 0 saturated heterocycles. The molecule has 0 atom stereocenters. The molecule has 0 radical (unpaired) electrons. The van der Waals surface area contributed by atoms with Crippen LogP contribution in [0.25, 0.3) is 0 Å². The summed E-state index contributed by atoms with van der Waals surface area (Å²) < 4.78 is 0. The lowest BCUT2D eigenvalue weighted by Crippen LogP contribution is -2.33. The van der Waals surface area contributed by atoms with Crippen LogP contribution in [0.2, 0.25) is 0 Å². The quantitative estimate of drug-likeness (QED) is 0.744. The van der Waals surface area contributed by atoms with Crippen molar-refractivity contribution in [1.82, 2.24) is 5.32 Å². The number of carbonyl (C=O) groups is 3. The molecule has 1 aliphatic carbocycles. The minimum absolute atomic E-state index is 0.0919. The van der Waals surface area contributed by atoms with Gasteiger partial charge in [-0.3, -0.25) is 14.4 Å². The number of carbonyl (C=O) groups excluding carboxylic acids is 3. The molecule has 1 saturated carbocycles. The summed E-state index contributed by atoms with van der Waals surface area (Å²) in [6, 6.07) is 1.83. The maximum atomic E-state index is 11.8. The summed E-state index contributed by atoms with van der Waals surface area (Å²) in [6.07, 6.45) is 4.60. The molecule has 6 nitrogen and oxygen atoms in total. The van der Waals surface area contributed by atoms with Crippen molar-refractivity contribution in [2.75, 3.05) is 5.32 Å². The molecule has 4 N–H and O–H groups in total. The van der Waals surface area contributed by atoms with Crippen molar-refractivity contribution in [3.63, 3.8) is 0 Å². The maximum absolute atomic E-state index is 11.8. The number of nitrogens with one attached hydrogen (secondary N) is 2. The molecule has 1 aromatic rings. The molecule has 7 heteroatoms. The van der Waals surface area contributed by atoms with Gasteiger partial charge in [0, 0.05) is 18.9 Å². The predicted molar refractivity (Wildman–Crippen MR) is 81.1 cm³/mol. The first-order chi connectivity index (χ1) is 10.1. The molecule has 1 aliphatic rings. The number of nitrogens with two attached hydrogens (primary N) is 1. The molecule has 0 spiro atoms. The van der Waals surface area contributed by atoms with Crippen LogP contribution in [0, 0.1) is 0 Å². The van der Waals surface area contributed by atoms with Crippen LogP contribution in [0.1, 0.15) is 48.9 Å². The topological polar surface area (TPSA) is 101 Å². The van der Waals surface area contributed by atoms with E-state index in [0.717, 1.165) is 25.7 Å². The van der Waals surface area contributed by atoms with Crippen molar-refractivity contribution < 1.29 is 14.4 Å². The second-order valence-corrected chi connectivity index (χ2v) is 6.04. The summed E-state index contributed by atoms with van der Waals surface area (Å²) in [5.41, 5.74) is 5.50. The van der Waals surface area contributed by atoms with E-state index in [4.69, 9.17) is 5.73 Å². The molecule has 1 aromatic heterocycles. The van der Waals surface area contributed by atoms with Crippen LogP contribution in [0.5, 0.6) is 0 Å². The summed E-state index contributed by atoms with van der Waals surface area (Å²) >= 11 is 1.23. The Balaban J connectivity index is 1.75. The molecule has 3 amide bonds. The average Bonchev–Trinajstić information content (AvgIpc) is 3.07. The first kappa shape index (κ1) is 15.5. The summed E-state index contributed by atoms with van der Waals surface area (Å²) in [5, 5.41) is 7.67. The second kappa shape index (κ2) is 7.21. The van der Waals surface area contributed by atoms with Crippen molar-refractivity contribution in [3.05, 3.63) is 17.0 Å². The van der Waals surface area contributed by atoms with E-state index in [1.165, 1.54) is 11.3 Å². The number of thiophene rings is 1. The summed E-state index contributed by atoms with van der Waals surface area (Å²) in [6.45, 7) is 0. The smallest absolute Gasteiger partial charge is 0.251 e. The lowest BCUT2D eigenvalue weighted by atomic mass is 10.2. The number of primary amides is 1. The van der Waals surface area contributed by atoms with Gasteiger partial charge in [-0.15, -0.1) is 11.3 Å². The van der Waals surface area contributed by atoms with E-state index < -0.39 is 5.91 Å². The summed E-state index contributed by atoms with van der Waals surface area (Å²) in [4.78, 5) is 34.6. The Labute approximate surface area is 127 Å². The maximum Gasteiger partial charge on any atom is 0.251 e. The van der Waals surface area contributed by atoms with E-state index in [1.807, 2.05) is 0 Å². The van der Waals surface area contributed by atoms with E-state index in [2.05, 4.69) is 10.6 Å². The van der Waals surface area contributed by atoms with E-state index in [9.17, 15) is 14.4 Å². The molecule has 2 rings (SSSR count). The monoisotopic (exact) mass is 309 g/mol. The van der Waals surface area contributed by atoms with Gasteiger partial charge in [0.2, 0.25) is 11.8 Å². The van der Waals surface area contributed by atoms with Crippen molar-refractivity contribution >= 4 is 34.1 Å². The van der Waals surface area contributed by atoms with E-state index in [0.29, 0.717) is 10.6 Å². The fourth-order valence-electron chi connectivity index (χ4n) is 2.39. The number of hydrogen-bond acceptors (Lipinski definition) is 4. The van der Waals surface area contributed by atoms with Gasteiger partial charge in [0.1, 0.15) is 5.00 Å². The molecular weight excluding hydrogens is 290 g/mol. The van der Waals surface area contributed by atoms with Gasteiger partial charge in [-0.2, -0.15) is 0 Å². The summed E-state index contributed by atoms with van der Waals surface area (Å²) in [5.74, 6) is -0.967. The fourth-order valence-corrected chi connectivity index (χ4v) is 3.19. The molecule has 0 unspecified atom stereocenters. The zero-order valence-electron chi connectivity index (χ0n) is 11.7. The minimum atomic E-state index is -0.578. The van der Waals surface area contributed by atoms with Gasteiger partial charge in [0.05, 0.1) is 5.56 Å². The van der Waals surface area contributed by atoms with Gasteiger partial charge in [0.25, 0.3) is 5.91 Å². The largest absolute Gasteiger partial charge is 0.366 e. The van der Waals surface area contributed by atoms with E-state index in [-0.39, 0.29) is 30.7 Å². The van der Waals surface area contributed by atoms with E-state index >= 15 is 0 Å². The Morgan fingerprint density at radius 3 is 2.52 bits per heavy atom. The van der Waals surface area contributed by atoms with Crippen molar-refractivity contribution in [2.24, 2.45) is 5.73 Å². The third-order valence-electron chi connectivity index (χ3n) is 3.48. The molecular formula is C14H19N3O3S. The van der Waals surface area contributed by atoms with Gasteiger partial charge >= 0.3 is 0 Å². The van der Waals surface area contributed by atoms with Crippen LogP contribution in [-0.2, 0) is 9.59 Å². The lowest BCUT2D eigenvalue weighted by molar-refractivity contribution is -0.124. The Morgan fingerprint density at radius 2 is 1.86 bits per heavy atom. The molecule has 0 aromatic carbocycles. The second-order valence-electron chi connectivity index (χ2n) is 5.12. The molecule has 1 heterocycles. The predicted octanol–water partition coefficient (Wildman–Crippen LogP) is 1.62. The third kappa shape index (κ3) is 4.56. The first-order valence-electron chi connectivity index (χ1n) is 7.03. The van der Waals surface area contributed by atoms with Crippen molar-refractivity contribution in [3.8, 4) is 0 Å². The Kier molecular flexibility index (Phi) is 5.32. The normalized spacial score (nSPS) is 14.9. The van der Waals surface area contributed by atoms with E-state index in [1.54, 1.807) is 11.4 Å². The zero-order chi connectivity index (χ0) is 15.2. The molecule has 0 bridgehead atoms. The first-order valence-corrected chi connectivity index (χ1v) is 7.90. The number of rotatable bonds is 6. The number of anilines is 1. The van der Waals surface area contributed by atoms with Crippen LogP contribution in [0.3, 0.4) is 0 Å². The fraction of sp³-hybridized carbons (Fsp3) is 0.500. The van der Waals surface area contributed by atoms with Gasteiger partial charge in [-0.25, -0.2) is 0 Å². The van der Waals surface area contributed by atoms with Gasteiger partial charge in [-0.05, 0) is 24.3 Å². The third-order valence-corrected chi connectivity index (χ3v) is 4.31. The van der Waals surface area contributed by atoms with Gasteiger partial charge in [-0.1, -0.05) is 12.8 Å². The Hall–Kier alpha value is -1.89. The highest BCUT2D eigenvalue weighted by Gasteiger charge is 2.18. The standard InChI is InChI=1S/C14H19N3O3S/c15-13(20)10-7-8-21-14(10)17-12(19)6-5-11(18)16-9-3-1-2-4-9/h7-9H,1-6H2,(H2,15,20)(H,16,18)(H,17,19). The SMILES string of the molecule is NC(=O)c1ccsc1NC(=O)CCC(=O)NC1CCCC1. The van der Waals surface area contributed by atoms with Crippen LogP contribution in [0.15, 0.2) is 11.4 Å². The van der Waals surface area contributed by atoms with Crippen LogP contribution >= 0.6 is 11.3 Å². The van der Waals surface area contributed by atoms with Crippen LogP contribution in [0.4, 0.5) is 5.00 Å². The van der Waals surface area contributed by atoms with Crippen molar-refractivity contribution in [2.45, 2.75) is 44.6 Å². The number of amides is 3. The lowest BCUT2D eigenvalue weighted by Gasteiger charge is -2.11. The molecule has 21 heavy (non-hydrogen) atoms.